The molecule has 0 aromatic heterocycles. The second kappa shape index (κ2) is 14.9. The molecule has 0 aliphatic heterocycles. The molecule has 4 aromatic carbocycles. The monoisotopic (exact) mass is 568 g/mol. The minimum absolute atomic E-state index is 0.236. The highest BCUT2D eigenvalue weighted by Gasteiger charge is 2.45. The summed E-state index contributed by atoms with van der Waals surface area (Å²) in [5.74, 6) is 0. The molecule has 0 bridgehead atoms. The van der Waals surface area contributed by atoms with Crippen LogP contribution in [0.2, 0.25) is 0 Å². The van der Waals surface area contributed by atoms with Crippen molar-refractivity contribution in [2.24, 2.45) is 20.0 Å². The number of nitrogens with zero attached hydrogens (tertiary/aromatic N) is 4. The summed E-state index contributed by atoms with van der Waals surface area (Å²) < 4.78 is 0. The van der Waals surface area contributed by atoms with Crippen molar-refractivity contribution in [2.75, 3.05) is 0 Å². The Bertz CT molecular complexity index is 1470. The lowest BCUT2D eigenvalue weighted by molar-refractivity contribution is 0.351. The predicted octanol–water partition coefficient (Wildman–Crippen LogP) is 6.12. The number of aliphatic imine (C=N–C) groups is 4. The average Bonchev–Trinajstić information content (AvgIpc) is 3.07. The molecule has 0 heterocycles. The van der Waals surface area contributed by atoms with Crippen LogP contribution in [0.5, 0.6) is 0 Å². The van der Waals surface area contributed by atoms with E-state index in [1.54, 1.807) is 24.3 Å². The Balaban J connectivity index is 1.80. The summed E-state index contributed by atoms with van der Waals surface area (Å²) in [7, 11) is 0. The van der Waals surface area contributed by atoms with Gasteiger partial charge in [-0.3, -0.25) is 0 Å². The lowest BCUT2D eigenvalue weighted by Crippen LogP contribution is -2.40. The van der Waals surface area contributed by atoms with Gasteiger partial charge in [0.2, 0.25) is 24.3 Å². The van der Waals surface area contributed by atoms with E-state index in [0.29, 0.717) is 28.7 Å². The van der Waals surface area contributed by atoms with Crippen molar-refractivity contribution in [1.29, 1.82) is 0 Å². The summed E-state index contributed by atoms with van der Waals surface area (Å²) in [6.45, 7) is 0. The first-order valence-electron chi connectivity index (χ1n) is 13.7. The maximum Gasteiger partial charge on any atom is 0.236 e. The predicted molar refractivity (Wildman–Crippen MR) is 161 cm³/mol. The summed E-state index contributed by atoms with van der Waals surface area (Å²) in [5.41, 5.74) is -0.174. The minimum Gasteiger partial charge on any atom is -0.211 e. The van der Waals surface area contributed by atoms with Gasteiger partial charge in [-0.25, -0.2) is 19.2 Å². The van der Waals surface area contributed by atoms with Crippen molar-refractivity contribution < 1.29 is 19.2 Å². The van der Waals surface area contributed by atoms with E-state index in [9.17, 15) is 19.2 Å². The Morgan fingerprint density at radius 3 is 0.953 bits per heavy atom. The Hall–Kier alpha value is -5.60. The van der Waals surface area contributed by atoms with Gasteiger partial charge >= 0.3 is 0 Å². The van der Waals surface area contributed by atoms with E-state index in [4.69, 9.17) is 0 Å². The Morgan fingerprint density at radius 2 is 0.721 bits per heavy atom. The van der Waals surface area contributed by atoms with Crippen LogP contribution in [0.25, 0.3) is 0 Å². The van der Waals surface area contributed by atoms with Crippen molar-refractivity contribution in [3.63, 3.8) is 0 Å². The molecule has 2 unspecified atom stereocenters. The highest BCUT2D eigenvalue weighted by Crippen LogP contribution is 2.43. The molecule has 0 fully saturated rings. The van der Waals surface area contributed by atoms with Crippen LogP contribution in [0.1, 0.15) is 41.5 Å². The largest absolute Gasteiger partial charge is 0.236 e. The molecular weight excluding hydrogens is 540 g/mol. The molecule has 4 aromatic rings. The van der Waals surface area contributed by atoms with Crippen molar-refractivity contribution in [3.8, 4) is 0 Å². The zero-order chi connectivity index (χ0) is 30.4. The van der Waals surface area contributed by atoms with Crippen LogP contribution in [0.3, 0.4) is 0 Å². The van der Waals surface area contributed by atoms with Gasteiger partial charge in [0.25, 0.3) is 0 Å². The molecule has 8 nitrogen and oxygen atoms in total. The number of benzene rings is 4. The molecule has 0 N–H and O–H groups in total. The normalized spacial score (nSPS) is 12.3. The van der Waals surface area contributed by atoms with E-state index >= 15 is 0 Å². The zero-order valence-corrected chi connectivity index (χ0v) is 23.2. The van der Waals surface area contributed by atoms with Crippen LogP contribution < -0.4 is 0 Å². The van der Waals surface area contributed by atoms with Crippen molar-refractivity contribution in [1.82, 2.24) is 0 Å². The average molecular weight is 569 g/mol. The SMILES string of the molecule is O=C=NC(CCCC(N=C=O)C(N=C=O)(c1ccccc1)c1ccccc1)C(N=C=O)(c1ccccc1)c1ccccc1. The van der Waals surface area contributed by atoms with Gasteiger partial charge in [-0.15, -0.1) is 0 Å². The van der Waals surface area contributed by atoms with Gasteiger partial charge in [-0.1, -0.05) is 121 Å². The highest BCUT2D eigenvalue weighted by atomic mass is 16.1. The molecular formula is C35H28N4O4. The Kier molecular flexibility index (Phi) is 10.5. The smallest absolute Gasteiger partial charge is 0.211 e. The fourth-order valence-corrected chi connectivity index (χ4v) is 5.79. The zero-order valence-electron chi connectivity index (χ0n) is 23.2. The van der Waals surface area contributed by atoms with E-state index in [1.807, 2.05) is 121 Å². The molecule has 0 amide bonds. The van der Waals surface area contributed by atoms with Crippen LogP contribution in [-0.2, 0) is 30.3 Å². The number of hydrogen-bond donors (Lipinski definition) is 0. The van der Waals surface area contributed by atoms with E-state index < -0.39 is 23.2 Å². The Labute approximate surface area is 249 Å². The fourth-order valence-electron chi connectivity index (χ4n) is 5.79. The third-order valence-corrected chi connectivity index (χ3v) is 7.64. The first-order chi connectivity index (χ1) is 21.2. The van der Waals surface area contributed by atoms with E-state index in [1.165, 1.54) is 0 Å². The first-order valence-corrected chi connectivity index (χ1v) is 13.7. The topological polar surface area (TPSA) is 118 Å². The van der Waals surface area contributed by atoms with Gasteiger partial charge in [0.05, 0.1) is 12.1 Å². The molecule has 2 atom stereocenters. The number of hydrogen-bond acceptors (Lipinski definition) is 8. The Morgan fingerprint density at radius 1 is 0.442 bits per heavy atom. The molecule has 0 radical (unpaired) electrons. The molecule has 0 saturated carbocycles. The third-order valence-electron chi connectivity index (χ3n) is 7.64. The summed E-state index contributed by atoms with van der Waals surface area (Å²) in [5, 5.41) is 0. The molecule has 0 saturated heterocycles. The van der Waals surface area contributed by atoms with E-state index in [-0.39, 0.29) is 12.8 Å². The van der Waals surface area contributed by atoms with Crippen LogP contribution in [0.15, 0.2) is 141 Å². The van der Waals surface area contributed by atoms with Gasteiger partial charge in [0, 0.05) is 0 Å². The molecule has 212 valence electrons. The maximum absolute atomic E-state index is 11.9. The van der Waals surface area contributed by atoms with Crippen molar-refractivity contribution in [2.45, 2.75) is 42.4 Å². The lowest BCUT2D eigenvalue weighted by Gasteiger charge is -2.36. The van der Waals surface area contributed by atoms with E-state index in [0.717, 1.165) is 0 Å². The number of isocyanates is 4. The van der Waals surface area contributed by atoms with Crippen LogP contribution in [-0.4, -0.2) is 36.4 Å². The first kappa shape index (κ1) is 30.4. The maximum atomic E-state index is 11.9. The molecule has 0 aliphatic rings. The van der Waals surface area contributed by atoms with Gasteiger partial charge in [-0.2, -0.15) is 20.0 Å². The van der Waals surface area contributed by atoms with Crippen molar-refractivity contribution in [3.05, 3.63) is 144 Å². The number of carbonyl (C=O) groups excluding carboxylic acids is 4. The van der Waals surface area contributed by atoms with Crippen LogP contribution in [0, 0.1) is 0 Å². The molecule has 4 rings (SSSR count). The second-order valence-electron chi connectivity index (χ2n) is 9.81. The summed E-state index contributed by atoms with van der Waals surface area (Å²) in [6.07, 6.45) is 7.56. The van der Waals surface area contributed by atoms with Gasteiger partial charge < -0.3 is 0 Å². The lowest BCUT2D eigenvalue weighted by atomic mass is 9.73. The molecule has 0 aliphatic carbocycles. The van der Waals surface area contributed by atoms with Gasteiger partial charge in [-0.05, 0) is 41.5 Å². The third kappa shape index (κ3) is 6.34. The summed E-state index contributed by atoms with van der Waals surface area (Å²) >= 11 is 0. The van der Waals surface area contributed by atoms with Gasteiger partial charge in [0.1, 0.15) is 11.1 Å². The van der Waals surface area contributed by atoms with Crippen LogP contribution >= 0.6 is 0 Å². The standard InChI is InChI=1S/C35H28N4O4/c40-24-36-32(34(38-26-42,28-14-5-1-6-15-28)29-16-7-2-8-17-29)22-13-23-33(37-25-41)35(39-27-43,30-18-9-3-10-19-30)31-20-11-4-12-21-31/h1-12,14-21,32-33H,13,22-23H2. The summed E-state index contributed by atoms with van der Waals surface area (Å²) in [6, 6.07) is 34.7. The highest BCUT2D eigenvalue weighted by molar-refractivity contribution is 5.50. The second-order valence-corrected chi connectivity index (χ2v) is 9.81. The fraction of sp³-hybridized carbons (Fsp3) is 0.200. The van der Waals surface area contributed by atoms with Crippen molar-refractivity contribution >= 4 is 24.3 Å². The quantitative estimate of drug-likeness (QED) is 0.134. The molecule has 43 heavy (non-hydrogen) atoms. The van der Waals surface area contributed by atoms with Gasteiger partial charge in [0.15, 0.2) is 0 Å². The number of rotatable bonds is 14. The van der Waals surface area contributed by atoms with E-state index in [2.05, 4.69) is 20.0 Å². The van der Waals surface area contributed by atoms with Crippen LogP contribution in [0.4, 0.5) is 0 Å². The summed E-state index contributed by atoms with van der Waals surface area (Å²) in [4.78, 5) is 64.3. The molecule has 8 heteroatoms. The minimum atomic E-state index is -1.37. The molecule has 0 spiro atoms.